The maximum Gasteiger partial charge on any atom is 0.181 e. The highest BCUT2D eigenvalue weighted by atomic mass is 35.5. The number of halogens is 2. The van der Waals surface area contributed by atoms with Crippen LogP contribution in [0.5, 0.6) is 0 Å². The van der Waals surface area contributed by atoms with Crippen LogP contribution in [-0.2, 0) is 0 Å². The molecule has 2 aliphatic rings. The average Bonchev–Trinajstić information content (AvgIpc) is 3.50. The van der Waals surface area contributed by atoms with Gasteiger partial charge in [0, 0.05) is 31.2 Å². The molecular formula is C20H22ClFN6O. The summed E-state index contributed by atoms with van der Waals surface area (Å²) in [7, 11) is 0. The lowest BCUT2D eigenvalue weighted by atomic mass is 9.89. The molecule has 1 aliphatic carbocycles. The predicted molar refractivity (Wildman–Crippen MR) is 109 cm³/mol. The molecule has 1 saturated carbocycles. The highest BCUT2D eigenvalue weighted by Gasteiger charge is 2.47. The Hall–Kier alpha value is -2.29. The minimum atomic E-state index is -0.792. The van der Waals surface area contributed by atoms with Gasteiger partial charge < -0.3 is 15.3 Å². The van der Waals surface area contributed by atoms with Gasteiger partial charge in [-0.1, -0.05) is 11.6 Å². The average molecular weight is 417 g/mol. The Balaban J connectivity index is 1.51. The van der Waals surface area contributed by atoms with Gasteiger partial charge in [0.15, 0.2) is 11.5 Å². The molecule has 3 aromatic rings. The molecule has 1 saturated heterocycles. The van der Waals surface area contributed by atoms with Crippen molar-refractivity contribution in [2.75, 3.05) is 24.5 Å². The van der Waals surface area contributed by atoms with Crippen LogP contribution in [0.2, 0.25) is 5.02 Å². The van der Waals surface area contributed by atoms with Gasteiger partial charge in [0.25, 0.3) is 0 Å². The summed E-state index contributed by atoms with van der Waals surface area (Å²) in [5.74, 6) is 0.300. The van der Waals surface area contributed by atoms with E-state index in [0.29, 0.717) is 48.1 Å². The SMILES string of the molecule is CC(O)(C1CC1)C1CN(c2nc(-c3[nH]nc4ncccc34)c(F)cc2Cl)CCN1. The molecule has 0 spiro atoms. The first-order valence-electron chi connectivity index (χ1n) is 9.81. The van der Waals surface area contributed by atoms with E-state index in [4.69, 9.17) is 11.6 Å². The Labute approximate surface area is 172 Å². The van der Waals surface area contributed by atoms with Gasteiger partial charge in [0.05, 0.1) is 22.4 Å². The second-order valence-electron chi connectivity index (χ2n) is 8.05. The molecule has 3 aromatic heterocycles. The third-order valence-corrected chi connectivity index (χ3v) is 6.34. The van der Waals surface area contributed by atoms with Crippen molar-refractivity contribution in [2.45, 2.75) is 31.4 Å². The quantitative estimate of drug-likeness (QED) is 0.606. The number of piperazine rings is 1. The van der Waals surface area contributed by atoms with Gasteiger partial charge in [-0.3, -0.25) is 5.10 Å². The molecule has 9 heteroatoms. The molecule has 0 aromatic carbocycles. The van der Waals surface area contributed by atoms with Crippen LogP contribution in [-0.4, -0.2) is 56.5 Å². The van der Waals surface area contributed by atoms with E-state index in [1.807, 2.05) is 17.9 Å². The third kappa shape index (κ3) is 3.25. The molecule has 7 nitrogen and oxygen atoms in total. The van der Waals surface area contributed by atoms with Crippen molar-refractivity contribution in [2.24, 2.45) is 5.92 Å². The van der Waals surface area contributed by atoms with Crippen molar-refractivity contribution in [1.29, 1.82) is 0 Å². The van der Waals surface area contributed by atoms with Crippen LogP contribution in [0.25, 0.3) is 22.4 Å². The summed E-state index contributed by atoms with van der Waals surface area (Å²) in [5.41, 5.74) is 0.339. The molecule has 2 fully saturated rings. The number of fused-ring (bicyclic) bond motifs is 1. The maximum absolute atomic E-state index is 14.8. The first-order valence-corrected chi connectivity index (χ1v) is 10.2. The highest BCUT2D eigenvalue weighted by molar-refractivity contribution is 6.33. The molecule has 152 valence electrons. The summed E-state index contributed by atoms with van der Waals surface area (Å²) in [4.78, 5) is 10.8. The van der Waals surface area contributed by atoms with Crippen LogP contribution in [0, 0.1) is 11.7 Å². The number of hydrogen-bond acceptors (Lipinski definition) is 6. The lowest BCUT2D eigenvalue weighted by Crippen LogP contribution is -2.61. The molecule has 0 radical (unpaired) electrons. The fourth-order valence-electron chi connectivity index (χ4n) is 4.17. The minimum Gasteiger partial charge on any atom is -0.388 e. The topological polar surface area (TPSA) is 90.0 Å². The second-order valence-corrected chi connectivity index (χ2v) is 8.46. The fourth-order valence-corrected chi connectivity index (χ4v) is 4.43. The van der Waals surface area contributed by atoms with Gasteiger partial charge in [-0.2, -0.15) is 5.10 Å². The molecule has 4 heterocycles. The van der Waals surface area contributed by atoms with Crippen LogP contribution in [0.15, 0.2) is 24.4 Å². The lowest BCUT2D eigenvalue weighted by Gasteiger charge is -2.42. The number of hydrogen-bond donors (Lipinski definition) is 3. The van der Waals surface area contributed by atoms with Crippen molar-refractivity contribution in [3.05, 3.63) is 35.2 Å². The number of aromatic nitrogens is 4. The molecule has 2 atom stereocenters. The van der Waals surface area contributed by atoms with Crippen LogP contribution in [0.4, 0.5) is 10.2 Å². The molecule has 2 unspecified atom stereocenters. The van der Waals surface area contributed by atoms with E-state index in [1.165, 1.54) is 6.07 Å². The van der Waals surface area contributed by atoms with Crippen molar-refractivity contribution < 1.29 is 9.50 Å². The Morgan fingerprint density at radius 1 is 1.38 bits per heavy atom. The minimum absolute atomic E-state index is 0.104. The van der Waals surface area contributed by atoms with Gasteiger partial charge in [0.1, 0.15) is 11.5 Å². The van der Waals surface area contributed by atoms with Gasteiger partial charge in [0.2, 0.25) is 0 Å². The van der Waals surface area contributed by atoms with Gasteiger partial charge in [-0.15, -0.1) is 0 Å². The van der Waals surface area contributed by atoms with Gasteiger partial charge >= 0.3 is 0 Å². The number of aromatic amines is 1. The molecule has 0 amide bonds. The van der Waals surface area contributed by atoms with Crippen molar-refractivity contribution in [3.8, 4) is 11.4 Å². The zero-order valence-corrected chi connectivity index (χ0v) is 16.7. The van der Waals surface area contributed by atoms with Crippen molar-refractivity contribution in [1.82, 2.24) is 25.5 Å². The standard InChI is InChI=1S/C20H22ClFN6O/c1-20(29,11-4-5-11)15-10-28(8-7-23-15)19-13(21)9-14(22)17(25-19)16-12-3-2-6-24-18(12)27-26-16/h2-3,6,9,11,15,23,29H,4-5,7-8,10H2,1H3,(H,24,26,27). The monoisotopic (exact) mass is 416 g/mol. The fraction of sp³-hybridized carbons (Fsp3) is 0.450. The zero-order valence-electron chi connectivity index (χ0n) is 16.0. The third-order valence-electron chi connectivity index (χ3n) is 6.06. The summed E-state index contributed by atoms with van der Waals surface area (Å²) in [5, 5.41) is 22.3. The molecule has 5 rings (SSSR count). The van der Waals surface area contributed by atoms with E-state index >= 15 is 0 Å². The van der Waals surface area contributed by atoms with Crippen molar-refractivity contribution in [3.63, 3.8) is 0 Å². The van der Waals surface area contributed by atoms with E-state index in [1.54, 1.807) is 12.3 Å². The summed E-state index contributed by atoms with van der Waals surface area (Å²) in [6, 6.07) is 4.78. The van der Waals surface area contributed by atoms with Crippen LogP contribution < -0.4 is 10.2 Å². The number of rotatable bonds is 4. The molecule has 3 N–H and O–H groups in total. The zero-order chi connectivity index (χ0) is 20.2. The number of nitrogens with one attached hydrogen (secondary N) is 2. The summed E-state index contributed by atoms with van der Waals surface area (Å²) in [6.07, 6.45) is 3.73. The van der Waals surface area contributed by atoms with E-state index in [0.717, 1.165) is 12.8 Å². The Bertz CT molecular complexity index is 1070. The Morgan fingerprint density at radius 2 is 2.21 bits per heavy atom. The lowest BCUT2D eigenvalue weighted by molar-refractivity contribution is -0.00278. The number of nitrogens with zero attached hydrogens (tertiary/aromatic N) is 4. The van der Waals surface area contributed by atoms with Gasteiger partial charge in [-0.25, -0.2) is 14.4 Å². The van der Waals surface area contributed by atoms with Gasteiger partial charge in [-0.05, 0) is 43.9 Å². The second kappa shape index (κ2) is 6.90. The smallest absolute Gasteiger partial charge is 0.181 e. The number of anilines is 1. The Morgan fingerprint density at radius 3 is 3.00 bits per heavy atom. The first kappa shape index (κ1) is 18.7. The first-order chi connectivity index (χ1) is 13.9. The largest absolute Gasteiger partial charge is 0.388 e. The van der Waals surface area contributed by atoms with Crippen molar-refractivity contribution >= 4 is 28.5 Å². The predicted octanol–water partition coefficient (Wildman–Crippen LogP) is 2.75. The van der Waals surface area contributed by atoms with Crippen LogP contribution in [0.3, 0.4) is 0 Å². The van der Waals surface area contributed by atoms with E-state index in [2.05, 4.69) is 25.5 Å². The molecule has 29 heavy (non-hydrogen) atoms. The Kier molecular flexibility index (Phi) is 4.45. The number of aliphatic hydroxyl groups is 1. The molecule has 1 aliphatic heterocycles. The number of pyridine rings is 2. The van der Waals surface area contributed by atoms with E-state index in [-0.39, 0.29) is 16.8 Å². The summed E-state index contributed by atoms with van der Waals surface area (Å²) < 4.78 is 14.8. The molecule has 0 bridgehead atoms. The summed E-state index contributed by atoms with van der Waals surface area (Å²) >= 11 is 6.39. The summed E-state index contributed by atoms with van der Waals surface area (Å²) in [6.45, 7) is 3.79. The van der Waals surface area contributed by atoms with E-state index in [9.17, 15) is 9.50 Å². The van der Waals surface area contributed by atoms with Crippen LogP contribution >= 0.6 is 11.6 Å². The molecular weight excluding hydrogens is 395 g/mol. The van der Waals surface area contributed by atoms with E-state index < -0.39 is 11.4 Å². The number of H-pyrrole nitrogens is 1. The maximum atomic E-state index is 14.8. The normalized spacial score (nSPS) is 22.1. The van der Waals surface area contributed by atoms with Crippen LogP contribution in [0.1, 0.15) is 19.8 Å². The highest BCUT2D eigenvalue weighted by Crippen LogP contribution is 2.42.